The number of amides is 3. The molecule has 2 aliphatic heterocycles. The third-order valence-electron chi connectivity index (χ3n) is 5.05. The molecule has 3 N–H and O–H groups in total. The minimum Gasteiger partial charge on any atom is -0.445 e. The molecule has 8 nitrogen and oxygen atoms in total. The molecule has 2 aromatic carbocycles. The van der Waals surface area contributed by atoms with Crippen LogP contribution in [0.15, 0.2) is 54.6 Å². The lowest BCUT2D eigenvalue weighted by atomic mass is 10.1. The Hall–Kier alpha value is -3.55. The molecule has 29 heavy (non-hydrogen) atoms. The first-order chi connectivity index (χ1) is 14.1. The second-order valence-corrected chi connectivity index (χ2v) is 7.09. The Kier molecular flexibility index (Phi) is 5.33. The molecule has 0 radical (unpaired) electrons. The zero-order valence-corrected chi connectivity index (χ0v) is 15.8. The van der Waals surface area contributed by atoms with Crippen molar-refractivity contribution in [3.63, 3.8) is 0 Å². The summed E-state index contributed by atoms with van der Waals surface area (Å²) in [5.41, 5.74) is 2.60. The number of nitrogens with zero attached hydrogens (tertiary/aromatic N) is 1. The van der Waals surface area contributed by atoms with Crippen molar-refractivity contribution < 1.29 is 19.1 Å². The number of carbonyl (C=O) groups is 3. The van der Waals surface area contributed by atoms with Gasteiger partial charge < -0.3 is 25.6 Å². The van der Waals surface area contributed by atoms with Crippen molar-refractivity contribution in [3.05, 3.63) is 60.2 Å². The van der Waals surface area contributed by atoms with Crippen LogP contribution in [0.4, 0.5) is 16.2 Å². The van der Waals surface area contributed by atoms with Gasteiger partial charge in [0.15, 0.2) is 0 Å². The first kappa shape index (κ1) is 18.8. The number of para-hydroxylation sites is 2. The van der Waals surface area contributed by atoms with Gasteiger partial charge in [0, 0.05) is 12.6 Å². The number of benzene rings is 2. The van der Waals surface area contributed by atoms with Crippen LogP contribution in [0, 0.1) is 0 Å². The molecule has 0 aromatic heterocycles. The van der Waals surface area contributed by atoms with E-state index in [-0.39, 0.29) is 37.0 Å². The lowest BCUT2D eigenvalue weighted by molar-refractivity contribution is -0.121. The van der Waals surface area contributed by atoms with Crippen LogP contribution in [-0.2, 0) is 20.9 Å². The summed E-state index contributed by atoms with van der Waals surface area (Å²) in [5.74, 6) is -0.386. The Bertz CT molecular complexity index is 918. The summed E-state index contributed by atoms with van der Waals surface area (Å²) in [4.78, 5) is 38.3. The van der Waals surface area contributed by atoms with Crippen LogP contribution in [0.2, 0.25) is 0 Å². The maximum absolute atomic E-state index is 12.3. The molecule has 150 valence electrons. The number of carbonyl (C=O) groups excluding carboxylic acids is 3. The van der Waals surface area contributed by atoms with Crippen molar-refractivity contribution in [3.8, 4) is 0 Å². The number of rotatable bonds is 5. The van der Waals surface area contributed by atoms with E-state index in [2.05, 4.69) is 16.0 Å². The fourth-order valence-corrected chi connectivity index (χ4v) is 3.71. The van der Waals surface area contributed by atoms with E-state index in [0.29, 0.717) is 13.0 Å². The van der Waals surface area contributed by atoms with Crippen LogP contribution in [0.3, 0.4) is 0 Å². The second-order valence-electron chi connectivity index (χ2n) is 7.09. The van der Waals surface area contributed by atoms with Crippen LogP contribution in [-0.4, -0.2) is 43.1 Å². The molecule has 0 aliphatic carbocycles. The van der Waals surface area contributed by atoms with Gasteiger partial charge in [0.2, 0.25) is 11.8 Å². The molecule has 2 atom stereocenters. The van der Waals surface area contributed by atoms with Crippen LogP contribution in [0.25, 0.3) is 0 Å². The van der Waals surface area contributed by atoms with Gasteiger partial charge in [-0.15, -0.1) is 0 Å². The molecule has 2 aromatic rings. The van der Waals surface area contributed by atoms with Gasteiger partial charge in [0.05, 0.1) is 11.4 Å². The van der Waals surface area contributed by atoms with E-state index in [1.807, 2.05) is 59.5 Å². The Labute approximate surface area is 168 Å². The van der Waals surface area contributed by atoms with Crippen molar-refractivity contribution in [2.24, 2.45) is 0 Å². The first-order valence-electron chi connectivity index (χ1n) is 9.50. The van der Waals surface area contributed by atoms with Crippen molar-refractivity contribution in [2.45, 2.75) is 25.1 Å². The quantitative estimate of drug-likeness (QED) is 0.716. The molecule has 1 fully saturated rings. The SMILES string of the molecule is O=C(CNC(=O)OCc1ccccc1)NC1CC2C(=O)Nc3ccccc3N2C1. The van der Waals surface area contributed by atoms with E-state index in [0.717, 1.165) is 16.9 Å². The molecule has 2 aliphatic rings. The third-order valence-corrected chi connectivity index (χ3v) is 5.05. The number of fused-ring (bicyclic) bond motifs is 3. The zero-order valence-electron chi connectivity index (χ0n) is 15.8. The van der Waals surface area contributed by atoms with Gasteiger partial charge in [-0.1, -0.05) is 42.5 Å². The van der Waals surface area contributed by atoms with Gasteiger partial charge in [-0.25, -0.2) is 4.79 Å². The average Bonchev–Trinajstić information content (AvgIpc) is 3.16. The lowest BCUT2D eigenvalue weighted by Crippen LogP contribution is -2.44. The Morgan fingerprint density at radius 2 is 1.86 bits per heavy atom. The summed E-state index contributed by atoms with van der Waals surface area (Å²) in [5, 5.41) is 8.24. The molecule has 2 unspecified atom stereocenters. The van der Waals surface area contributed by atoms with Gasteiger partial charge in [0.1, 0.15) is 19.2 Å². The number of hydrogen-bond donors (Lipinski definition) is 3. The van der Waals surface area contributed by atoms with E-state index in [1.54, 1.807) is 0 Å². The predicted molar refractivity (Wildman–Crippen MR) is 107 cm³/mol. The highest BCUT2D eigenvalue weighted by Crippen LogP contribution is 2.36. The van der Waals surface area contributed by atoms with Crippen LogP contribution in [0.1, 0.15) is 12.0 Å². The van der Waals surface area contributed by atoms with Crippen LogP contribution in [0.5, 0.6) is 0 Å². The number of ether oxygens (including phenoxy) is 1. The molecule has 1 saturated heterocycles. The molecular weight excluding hydrogens is 372 g/mol. The smallest absolute Gasteiger partial charge is 0.407 e. The standard InChI is InChI=1S/C21H22N4O4/c26-19(11-22-21(28)29-13-14-6-2-1-3-7-14)23-15-10-18-20(27)24-16-8-4-5-9-17(16)25(18)12-15/h1-9,15,18H,10-13H2,(H,22,28)(H,23,26)(H,24,27). The highest BCUT2D eigenvalue weighted by molar-refractivity contribution is 6.04. The first-order valence-corrected chi connectivity index (χ1v) is 9.50. The number of nitrogens with one attached hydrogen (secondary N) is 3. The normalized spacial score (nSPS) is 19.6. The van der Waals surface area contributed by atoms with E-state index >= 15 is 0 Å². The third kappa shape index (κ3) is 4.31. The summed E-state index contributed by atoms with van der Waals surface area (Å²) < 4.78 is 5.09. The fourth-order valence-electron chi connectivity index (χ4n) is 3.71. The number of alkyl carbamates (subject to hydrolysis) is 1. The molecule has 0 saturated carbocycles. The van der Waals surface area contributed by atoms with Gasteiger partial charge in [-0.05, 0) is 24.1 Å². The predicted octanol–water partition coefficient (Wildman–Crippen LogP) is 1.63. The zero-order chi connectivity index (χ0) is 20.2. The topological polar surface area (TPSA) is 99.8 Å². The van der Waals surface area contributed by atoms with Crippen LogP contribution >= 0.6 is 0 Å². The Balaban J connectivity index is 1.25. The largest absolute Gasteiger partial charge is 0.445 e. The summed E-state index contributed by atoms with van der Waals surface area (Å²) in [6, 6.07) is 16.4. The minimum absolute atomic E-state index is 0.0666. The van der Waals surface area contributed by atoms with Gasteiger partial charge in [0.25, 0.3) is 0 Å². The number of hydrogen-bond acceptors (Lipinski definition) is 5. The second kappa shape index (κ2) is 8.22. The maximum atomic E-state index is 12.3. The van der Waals surface area contributed by atoms with Crippen molar-refractivity contribution in [2.75, 3.05) is 23.3 Å². The average molecular weight is 394 g/mol. The van der Waals surface area contributed by atoms with E-state index in [1.165, 1.54) is 0 Å². The molecule has 8 heteroatoms. The van der Waals surface area contributed by atoms with E-state index in [9.17, 15) is 14.4 Å². The molecule has 4 rings (SSSR count). The monoisotopic (exact) mass is 394 g/mol. The molecule has 2 heterocycles. The minimum atomic E-state index is -0.652. The van der Waals surface area contributed by atoms with Crippen molar-refractivity contribution in [1.82, 2.24) is 10.6 Å². The van der Waals surface area contributed by atoms with E-state index < -0.39 is 6.09 Å². The highest BCUT2D eigenvalue weighted by Gasteiger charge is 2.41. The Morgan fingerprint density at radius 1 is 1.10 bits per heavy atom. The summed E-state index contributed by atoms with van der Waals surface area (Å²) in [6.07, 6.45) is -0.133. The van der Waals surface area contributed by atoms with Crippen LogP contribution < -0.4 is 20.9 Å². The molecule has 3 amide bonds. The molecular formula is C21H22N4O4. The number of anilines is 2. The highest BCUT2D eigenvalue weighted by atomic mass is 16.5. The molecule has 0 bridgehead atoms. The Morgan fingerprint density at radius 3 is 2.69 bits per heavy atom. The summed E-state index contributed by atoms with van der Waals surface area (Å²) in [6.45, 7) is 0.499. The van der Waals surface area contributed by atoms with Gasteiger partial charge >= 0.3 is 6.09 Å². The van der Waals surface area contributed by atoms with E-state index in [4.69, 9.17) is 4.74 Å². The van der Waals surface area contributed by atoms with Gasteiger partial charge in [-0.2, -0.15) is 0 Å². The summed E-state index contributed by atoms with van der Waals surface area (Å²) >= 11 is 0. The lowest BCUT2D eigenvalue weighted by Gasteiger charge is -2.32. The van der Waals surface area contributed by atoms with Crippen molar-refractivity contribution >= 4 is 29.3 Å². The summed E-state index contributed by atoms with van der Waals surface area (Å²) in [7, 11) is 0. The fraction of sp³-hybridized carbons (Fsp3) is 0.286. The van der Waals surface area contributed by atoms with Crippen molar-refractivity contribution in [1.29, 1.82) is 0 Å². The molecule has 0 spiro atoms. The maximum Gasteiger partial charge on any atom is 0.407 e. The van der Waals surface area contributed by atoms with Gasteiger partial charge in [-0.3, -0.25) is 9.59 Å².